The number of hydrogen-bond donors (Lipinski definition) is 1. The molecule has 1 amide bonds. The number of aryl methyl sites for hydroxylation is 1. The van der Waals surface area contributed by atoms with Crippen molar-refractivity contribution in [1.82, 2.24) is 15.1 Å². The van der Waals surface area contributed by atoms with Gasteiger partial charge in [-0.3, -0.25) is 9.48 Å². The number of hydrogen-bond acceptors (Lipinski definition) is 2. The predicted molar refractivity (Wildman–Crippen MR) is 70.2 cm³/mol. The number of aromatic nitrogens is 2. The van der Waals surface area contributed by atoms with Crippen LogP contribution in [0.15, 0.2) is 30.6 Å². The van der Waals surface area contributed by atoms with E-state index in [0.717, 1.165) is 5.56 Å². The van der Waals surface area contributed by atoms with Crippen molar-refractivity contribution < 1.29 is 9.18 Å². The summed E-state index contributed by atoms with van der Waals surface area (Å²) in [5.74, 6) is -0.480. The Bertz CT molecular complexity index is 597. The molecule has 0 aliphatic rings. The number of amides is 1. The lowest BCUT2D eigenvalue weighted by atomic mass is 10.1. The van der Waals surface area contributed by atoms with Crippen LogP contribution in [-0.2, 0) is 17.9 Å². The summed E-state index contributed by atoms with van der Waals surface area (Å²) >= 11 is 5.69. The van der Waals surface area contributed by atoms with E-state index < -0.39 is 0 Å². The van der Waals surface area contributed by atoms with Crippen LogP contribution in [0.4, 0.5) is 4.39 Å². The van der Waals surface area contributed by atoms with E-state index in [-0.39, 0.29) is 24.8 Å². The number of nitrogens with zero attached hydrogens (tertiary/aromatic N) is 2. The molecule has 0 radical (unpaired) electrons. The molecule has 19 heavy (non-hydrogen) atoms. The average molecular weight is 282 g/mol. The zero-order valence-corrected chi connectivity index (χ0v) is 11.1. The lowest BCUT2D eigenvalue weighted by molar-refractivity contribution is -0.122. The van der Waals surface area contributed by atoms with Gasteiger partial charge in [0, 0.05) is 12.7 Å². The molecule has 0 aliphatic heterocycles. The normalized spacial score (nSPS) is 10.5. The standard InChI is InChI=1S/C13H13ClFN3O/c1-9-2-3-10(4-12(9)15)5-16-13(19)8-18-7-11(14)6-17-18/h2-4,6-7H,5,8H2,1H3,(H,16,19). The first-order chi connectivity index (χ1) is 9.04. The van der Waals surface area contributed by atoms with Gasteiger partial charge in [-0.15, -0.1) is 0 Å². The van der Waals surface area contributed by atoms with Gasteiger partial charge in [0.15, 0.2) is 0 Å². The quantitative estimate of drug-likeness (QED) is 0.935. The topological polar surface area (TPSA) is 46.9 Å². The molecule has 2 aromatic rings. The zero-order valence-electron chi connectivity index (χ0n) is 10.4. The molecule has 4 nitrogen and oxygen atoms in total. The maximum Gasteiger partial charge on any atom is 0.241 e. The Hall–Kier alpha value is -1.88. The summed E-state index contributed by atoms with van der Waals surface area (Å²) in [5.41, 5.74) is 1.30. The SMILES string of the molecule is Cc1ccc(CNC(=O)Cn2cc(Cl)cn2)cc1F. The summed E-state index contributed by atoms with van der Waals surface area (Å²) in [6.45, 7) is 2.06. The number of halogens is 2. The number of rotatable bonds is 4. The van der Waals surface area contributed by atoms with Crippen molar-refractivity contribution in [2.24, 2.45) is 0 Å². The molecule has 2 rings (SSSR count). The van der Waals surface area contributed by atoms with Gasteiger partial charge in [-0.2, -0.15) is 5.10 Å². The molecule has 0 saturated carbocycles. The van der Waals surface area contributed by atoms with Crippen molar-refractivity contribution in [2.45, 2.75) is 20.0 Å². The van der Waals surface area contributed by atoms with Crippen molar-refractivity contribution in [3.8, 4) is 0 Å². The van der Waals surface area contributed by atoms with E-state index in [1.165, 1.54) is 16.9 Å². The Morgan fingerprint density at radius 2 is 2.32 bits per heavy atom. The van der Waals surface area contributed by atoms with E-state index in [1.54, 1.807) is 25.3 Å². The highest BCUT2D eigenvalue weighted by Gasteiger charge is 2.05. The van der Waals surface area contributed by atoms with Gasteiger partial charge in [0.05, 0.1) is 11.2 Å². The minimum absolute atomic E-state index is 0.0844. The molecule has 0 fully saturated rings. The highest BCUT2D eigenvalue weighted by atomic mass is 35.5. The van der Waals surface area contributed by atoms with Crippen LogP contribution in [0.3, 0.4) is 0 Å². The van der Waals surface area contributed by atoms with Crippen LogP contribution < -0.4 is 5.32 Å². The molecule has 0 atom stereocenters. The smallest absolute Gasteiger partial charge is 0.241 e. The monoisotopic (exact) mass is 281 g/mol. The van der Waals surface area contributed by atoms with Gasteiger partial charge in [-0.25, -0.2) is 4.39 Å². The molecule has 0 bridgehead atoms. The second kappa shape index (κ2) is 5.84. The number of benzene rings is 1. The molecule has 0 aliphatic carbocycles. The Balaban J connectivity index is 1.88. The van der Waals surface area contributed by atoms with Crippen LogP contribution in [0.5, 0.6) is 0 Å². The van der Waals surface area contributed by atoms with Gasteiger partial charge in [0.2, 0.25) is 5.91 Å². The van der Waals surface area contributed by atoms with Gasteiger partial charge in [0.25, 0.3) is 0 Å². The van der Waals surface area contributed by atoms with E-state index >= 15 is 0 Å². The number of nitrogens with one attached hydrogen (secondary N) is 1. The van der Waals surface area contributed by atoms with Crippen molar-refractivity contribution in [3.63, 3.8) is 0 Å². The molecule has 1 aromatic carbocycles. The molecule has 1 N–H and O–H groups in total. The van der Waals surface area contributed by atoms with Crippen molar-refractivity contribution in [2.75, 3.05) is 0 Å². The maximum absolute atomic E-state index is 13.3. The van der Waals surface area contributed by atoms with Crippen molar-refractivity contribution in [1.29, 1.82) is 0 Å². The van der Waals surface area contributed by atoms with E-state index in [2.05, 4.69) is 10.4 Å². The van der Waals surface area contributed by atoms with E-state index in [0.29, 0.717) is 10.6 Å². The first kappa shape index (κ1) is 13.5. The Labute approximate surface area is 115 Å². The molecule has 0 unspecified atom stereocenters. The lowest BCUT2D eigenvalue weighted by Crippen LogP contribution is -2.27. The largest absolute Gasteiger partial charge is 0.350 e. The summed E-state index contributed by atoms with van der Waals surface area (Å²) < 4.78 is 14.7. The van der Waals surface area contributed by atoms with Crippen LogP contribution in [0, 0.1) is 12.7 Å². The van der Waals surface area contributed by atoms with Crippen LogP contribution in [-0.4, -0.2) is 15.7 Å². The summed E-state index contributed by atoms with van der Waals surface area (Å²) in [6, 6.07) is 4.88. The van der Waals surface area contributed by atoms with Crippen molar-refractivity contribution in [3.05, 3.63) is 52.6 Å². The molecule has 0 saturated heterocycles. The molecule has 100 valence electrons. The van der Waals surface area contributed by atoms with Crippen LogP contribution in [0.1, 0.15) is 11.1 Å². The van der Waals surface area contributed by atoms with Gasteiger partial charge in [-0.05, 0) is 24.1 Å². The first-order valence-electron chi connectivity index (χ1n) is 5.74. The fourth-order valence-electron chi connectivity index (χ4n) is 1.57. The summed E-state index contributed by atoms with van der Waals surface area (Å²) in [4.78, 5) is 11.6. The van der Waals surface area contributed by atoms with Gasteiger partial charge >= 0.3 is 0 Å². The second-order valence-electron chi connectivity index (χ2n) is 4.22. The zero-order chi connectivity index (χ0) is 13.8. The molecule has 0 spiro atoms. The third kappa shape index (κ3) is 3.79. The van der Waals surface area contributed by atoms with Gasteiger partial charge in [0.1, 0.15) is 12.4 Å². The molecule has 1 heterocycles. The maximum atomic E-state index is 13.3. The lowest BCUT2D eigenvalue weighted by Gasteiger charge is -2.06. The van der Waals surface area contributed by atoms with E-state index in [4.69, 9.17) is 11.6 Å². The highest BCUT2D eigenvalue weighted by molar-refractivity contribution is 6.30. The molecule has 1 aromatic heterocycles. The summed E-state index contributed by atoms with van der Waals surface area (Å²) in [5, 5.41) is 7.07. The third-order valence-electron chi connectivity index (χ3n) is 2.63. The minimum Gasteiger partial charge on any atom is -0.350 e. The minimum atomic E-state index is -0.273. The van der Waals surface area contributed by atoms with E-state index in [9.17, 15) is 9.18 Å². The third-order valence-corrected chi connectivity index (χ3v) is 2.83. The molecule has 6 heteroatoms. The van der Waals surface area contributed by atoms with E-state index in [1.807, 2.05) is 0 Å². The number of carbonyl (C=O) groups excluding carboxylic acids is 1. The first-order valence-corrected chi connectivity index (χ1v) is 6.12. The highest BCUT2D eigenvalue weighted by Crippen LogP contribution is 2.09. The summed E-state index contributed by atoms with van der Waals surface area (Å²) in [7, 11) is 0. The van der Waals surface area contributed by atoms with Crippen LogP contribution >= 0.6 is 11.6 Å². The molecular formula is C13H13ClFN3O. The fraction of sp³-hybridized carbons (Fsp3) is 0.231. The average Bonchev–Trinajstić information content (AvgIpc) is 2.76. The second-order valence-corrected chi connectivity index (χ2v) is 4.65. The number of carbonyl (C=O) groups is 1. The Morgan fingerprint density at radius 3 is 2.95 bits per heavy atom. The Kier molecular flexibility index (Phi) is 4.16. The van der Waals surface area contributed by atoms with Gasteiger partial charge < -0.3 is 5.32 Å². The van der Waals surface area contributed by atoms with Crippen LogP contribution in [0.25, 0.3) is 0 Å². The summed E-state index contributed by atoms with van der Waals surface area (Å²) in [6.07, 6.45) is 3.02. The molecular weight excluding hydrogens is 269 g/mol. The van der Waals surface area contributed by atoms with Crippen LogP contribution in [0.2, 0.25) is 5.02 Å². The van der Waals surface area contributed by atoms with Crippen molar-refractivity contribution >= 4 is 17.5 Å². The Morgan fingerprint density at radius 1 is 1.53 bits per heavy atom. The fourth-order valence-corrected chi connectivity index (χ4v) is 1.73. The predicted octanol–water partition coefficient (Wildman–Crippen LogP) is 2.30. The van der Waals surface area contributed by atoms with Gasteiger partial charge in [-0.1, -0.05) is 23.7 Å².